The summed E-state index contributed by atoms with van der Waals surface area (Å²) in [6.45, 7) is 3.25. The highest BCUT2D eigenvalue weighted by Crippen LogP contribution is 2.26. The number of carbonyl (C=O) groups is 1. The van der Waals surface area contributed by atoms with Gasteiger partial charge in [-0.15, -0.1) is 0 Å². The third-order valence-electron chi connectivity index (χ3n) is 3.90. The van der Waals surface area contributed by atoms with Crippen LogP contribution in [0.1, 0.15) is 18.9 Å². The van der Waals surface area contributed by atoms with E-state index in [0.717, 1.165) is 6.42 Å². The molecule has 0 radical (unpaired) electrons. The standard InChI is InChI=1S/C14H18ClN3O3/c1-9-4-10(7-16)8-17(9)14(19)5-11-2-3-12(18(20)21)6-13(11)15/h2-3,6,9-10H,4-5,7-8,16H2,1H3. The molecule has 0 saturated carbocycles. The van der Waals surface area contributed by atoms with Crippen LogP contribution in [-0.4, -0.2) is 34.9 Å². The van der Waals surface area contributed by atoms with Crippen molar-refractivity contribution in [2.75, 3.05) is 13.1 Å². The first kappa shape index (κ1) is 15.7. The fraction of sp³-hybridized carbons (Fsp3) is 0.500. The highest BCUT2D eigenvalue weighted by Gasteiger charge is 2.31. The Morgan fingerprint density at radius 1 is 1.57 bits per heavy atom. The molecule has 6 nitrogen and oxygen atoms in total. The third kappa shape index (κ3) is 3.51. The van der Waals surface area contributed by atoms with Crippen LogP contribution in [0.25, 0.3) is 0 Å². The van der Waals surface area contributed by atoms with Crippen LogP contribution < -0.4 is 5.73 Å². The van der Waals surface area contributed by atoms with Gasteiger partial charge in [0.25, 0.3) is 5.69 Å². The lowest BCUT2D eigenvalue weighted by Crippen LogP contribution is -2.35. The smallest absolute Gasteiger partial charge is 0.270 e. The number of nitro groups is 1. The van der Waals surface area contributed by atoms with Crippen LogP contribution in [0.15, 0.2) is 18.2 Å². The van der Waals surface area contributed by atoms with Crippen molar-refractivity contribution in [2.45, 2.75) is 25.8 Å². The van der Waals surface area contributed by atoms with Crippen LogP contribution >= 0.6 is 11.6 Å². The maximum Gasteiger partial charge on any atom is 0.270 e. The summed E-state index contributed by atoms with van der Waals surface area (Å²) < 4.78 is 0. The molecule has 1 heterocycles. The summed E-state index contributed by atoms with van der Waals surface area (Å²) in [7, 11) is 0. The van der Waals surface area contributed by atoms with Crippen LogP contribution in [0, 0.1) is 16.0 Å². The van der Waals surface area contributed by atoms with E-state index < -0.39 is 4.92 Å². The van der Waals surface area contributed by atoms with Gasteiger partial charge in [0.1, 0.15) is 0 Å². The summed E-state index contributed by atoms with van der Waals surface area (Å²) in [6.07, 6.45) is 1.06. The van der Waals surface area contributed by atoms with E-state index in [-0.39, 0.29) is 29.1 Å². The predicted molar refractivity (Wildman–Crippen MR) is 80.1 cm³/mol. The topological polar surface area (TPSA) is 89.5 Å². The summed E-state index contributed by atoms with van der Waals surface area (Å²) in [5.41, 5.74) is 6.19. The van der Waals surface area contributed by atoms with E-state index in [1.54, 1.807) is 6.07 Å². The molecular formula is C14H18ClN3O3. The molecule has 0 aromatic heterocycles. The van der Waals surface area contributed by atoms with Gasteiger partial charge in [0.15, 0.2) is 0 Å². The van der Waals surface area contributed by atoms with Gasteiger partial charge in [0, 0.05) is 24.7 Å². The zero-order chi connectivity index (χ0) is 15.6. The van der Waals surface area contributed by atoms with E-state index >= 15 is 0 Å². The van der Waals surface area contributed by atoms with Crippen molar-refractivity contribution in [3.8, 4) is 0 Å². The maximum atomic E-state index is 12.4. The van der Waals surface area contributed by atoms with Gasteiger partial charge in [-0.25, -0.2) is 0 Å². The molecule has 21 heavy (non-hydrogen) atoms. The predicted octanol–water partition coefficient (Wildman–Crippen LogP) is 1.99. The van der Waals surface area contributed by atoms with Crippen LogP contribution in [0.2, 0.25) is 5.02 Å². The SMILES string of the molecule is CC1CC(CN)CN1C(=O)Cc1ccc([N+](=O)[O-])cc1Cl. The van der Waals surface area contributed by atoms with E-state index in [2.05, 4.69) is 0 Å². The van der Waals surface area contributed by atoms with Gasteiger partial charge in [-0.3, -0.25) is 14.9 Å². The largest absolute Gasteiger partial charge is 0.339 e. The number of nitro benzene ring substituents is 1. The summed E-state index contributed by atoms with van der Waals surface area (Å²) in [6, 6.07) is 4.35. The number of rotatable bonds is 4. The second-order valence-corrected chi connectivity index (χ2v) is 5.85. The van der Waals surface area contributed by atoms with E-state index in [1.165, 1.54) is 12.1 Å². The Morgan fingerprint density at radius 3 is 2.81 bits per heavy atom. The number of amides is 1. The van der Waals surface area contributed by atoms with Crippen molar-refractivity contribution in [3.05, 3.63) is 38.9 Å². The average Bonchev–Trinajstić information content (AvgIpc) is 2.82. The van der Waals surface area contributed by atoms with E-state index in [9.17, 15) is 14.9 Å². The third-order valence-corrected chi connectivity index (χ3v) is 4.26. The van der Waals surface area contributed by atoms with Gasteiger partial charge in [-0.05, 0) is 31.4 Å². The van der Waals surface area contributed by atoms with E-state index in [1.807, 2.05) is 11.8 Å². The lowest BCUT2D eigenvalue weighted by atomic mass is 10.1. The minimum Gasteiger partial charge on any atom is -0.339 e. The Morgan fingerprint density at radius 2 is 2.29 bits per heavy atom. The monoisotopic (exact) mass is 311 g/mol. The Hall–Kier alpha value is -1.66. The van der Waals surface area contributed by atoms with Crippen LogP contribution in [-0.2, 0) is 11.2 Å². The van der Waals surface area contributed by atoms with Crippen molar-refractivity contribution in [2.24, 2.45) is 11.7 Å². The first-order chi connectivity index (χ1) is 9.92. The average molecular weight is 312 g/mol. The number of carbonyl (C=O) groups excluding carboxylic acids is 1. The lowest BCUT2D eigenvalue weighted by molar-refractivity contribution is -0.384. The Bertz CT molecular complexity index is 564. The zero-order valence-electron chi connectivity index (χ0n) is 11.8. The molecule has 2 unspecified atom stereocenters. The van der Waals surface area contributed by atoms with E-state index in [0.29, 0.717) is 24.6 Å². The molecule has 1 aliphatic rings. The molecular weight excluding hydrogens is 294 g/mol. The molecule has 1 aliphatic heterocycles. The molecule has 1 saturated heterocycles. The number of hydrogen-bond acceptors (Lipinski definition) is 4. The fourth-order valence-electron chi connectivity index (χ4n) is 2.72. The summed E-state index contributed by atoms with van der Waals surface area (Å²) in [5, 5.41) is 10.9. The number of nitrogens with two attached hydrogens (primary N) is 1. The van der Waals surface area contributed by atoms with Gasteiger partial charge in [0.05, 0.1) is 16.4 Å². The highest BCUT2D eigenvalue weighted by atomic mass is 35.5. The number of non-ortho nitro benzene ring substituents is 1. The lowest BCUT2D eigenvalue weighted by Gasteiger charge is -2.21. The number of likely N-dealkylation sites (tertiary alicyclic amines) is 1. The van der Waals surface area contributed by atoms with Gasteiger partial charge in [0.2, 0.25) is 5.91 Å². The molecule has 114 valence electrons. The first-order valence-corrected chi connectivity index (χ1v) is 7.22. The molecule has 0 aliphatic carbocycles. The van der Waals surface area contributed by atoms with Gasteiger partial charge >= 0.3 is 0 Å². The summed E-state index contributed by atoms with van der Waals surface area (Å²) >= 11 is 6.02. The number of hydrogen-bond donors (Lipinski definition) is 1. The second kappa shape index (κ2) is 6.41. The molecule has 1 aromatic rings. The highest BCUT2D eigenvalue weighted by molar-refractivity contribution is 6.31. The minimum absolute atomic E-state index is 0.0193. The minimum atomic E-state index is -0.508. The van der Waals surface area contributed by atoms with Gasteiger partial charge < -0.3 is 10.6 Å². The molecule has 1 amide bonds. The van der Waals surface area contributed by atoms with Crippen molar-refractivity contribution in [1.29, 1.82) is 0 Å². The van der Waals surface area contributed by atoms with Crippen LogP contribution in [0.4, 0.5) is 5.69 Å². The fourth-order valence-corrected chi connectivity index (χ4v) is 2.96. The molecule has 1 aromatic carbocycles. The Kier molecular flexibility index (Phi) is 4.80. The second-order valence-electron chi connectivity index (χ2n) is 5.44. The van der Waals surface area contributed by atoms with Crippen molar-refractivity contribution in [3.63, 3.8) is 0 Å². The van der Waals surface area contributed by atoms with Gasteiger partial charge in [-0.1, -0.05) is 17.7 Å². The van der Waals surface area contributed by atoms with Crippen molar-refractivity contribution >= 4 is 23.2 Å². The molecule has 0 bridgehead atoms. The molecule has 7 heteroatoms. The number of benzene rings is 1. The zero-order valence-corrected chi connectivity index (χ0v) is 12.5. The molecule has 2 atom stereocenters. The number of nitrogens with zero attached hydrogens (tertiary/aromatic N) is 2. The van der Waals surface area contributed by atoms with E-state index in [4.69, 9.17) is 17.3 Å². The Balaban J connectivity index is 2.08. The quantitative estimate of drug-likeness (QED) is 0.680. The molecule has 1 fully saturated rings. The van der Waals surface area contributed by atoms with Crippen LogP contribution in [0.5, 0.6) is 0 Å². The number of halogens is 1. The normalized spacial score (nSPS) is 21.6. The molecule has 0 spiro atoms. The first-order valence-electron chi connectivity index (χ1n) is 6.84. The Labute approximate surface area is 128 Å². The van der Waals surface area contributed by atoms with Gasteiger partial charge in [-0.2, -0.15) is 0 Å². The maximum absolute atomic E-state index is 12.4. The summed E-state index contributed by atoms with van der Waals surface area (Å²) in [4.78, 5) is 24.3. The molecule has 2 N–H and O–H groups in total. The summed E-state index contributed by atoms with van der Waals surface area (Å²) in [5.74, 6) is 0.325. The van der Waals surface area contributed by atoms with Crippen LogP contribution in [0.3, 0.4) is 0 Å². The molecule has 2 rings (SSSR count). The van der Waals surface area contributed by atoms with Crippen molar-refractivity contribution < 1.29 is 9.72 Å². The van der Waals surface area contributed by atoms with Crippen molar-refractivity contribution in [1.82, 2.24) is 4.90 Å².